The number of Topliss-reactive ketones (excluding diaryl/α,β-unsaturated/α-hetero) is 1. The largest absolute Gasteiger partial charge is 0.481 e. The monoisotopic (exact) mass is 565 g/mol. The fraction of sp³-hybridized carbons (Fsp3) is 0.741. The molecule has 40 heavy (non-hydrogen) atoms. The van der Waals surface area contributed by atoms with Crippen molar-refractivity contribution in [3.05, 3.63) is 11.8 Å². The standard InChI is InChI=1S/C27H43N5O8/c1-15(2)20(22(37)24-30-31-26(40-24)27(5,6)14-33)29-23(38)17-10-9-13-32(17)25(39)21(16(3)4)28-18(34)11-7-8-12-19(35)36/h15-17,20-21,33H,7-14H2,1-6H3,(H,28,34)(H,29,38)(H,35,36)/t17-,20+,21+/m1/s1. The van der Waals surface area contributed by atoms with E-state index in [9.17, 15) is 29.1 Å². The number of ketones is 1. The lowest BCUT2D eigenvalue weighted by Gasteiger charge is -2.31. The second-order valence-corrected chi connectivity index (χ2v) is 11.6. The number of nitrogens with one attached hydrogen (secondary N) is 2. The van der Waals surface area contributed by atoms with Crippen LogP contribution in [0.15, 0.2) is 4.42 Å². The van der Waals surface area contributed by atoms with Crippen LogP contribution in [0.2, 0.25) is 0 Å². The molecule has 1 aromatic rings. The molecular formula is C27H43N5O8. The number of nitrogens with zero attached hydrogens (tertiary/aromatic N) is 3. The van der Waals surface area contributed by atoms with Crippen molar-refractivity contribution >= 4 is 29.5 Å². The Balaban J connectivity index is 2.10. The van der Waals surface area contributed by atoms with Gasteiger partial charge in [0, 0.05) is 19.4 Å². The summed E-state index contributed by atoms with van der Waals surface area (Å²) in [6, 6.07) is -2.65. The summed E-state index contributed by atoms with van der Waals surface area (Å²) in [6.07, 6.45) is 1.80. The molecular weight excluding hydrogens is 522 g/mol. The Morgan fingerprint density at radius 3 is 2.20 bits per heavy atom. The Kier molecular flexibility index (Phi) is 11.8. The van der Waals surface area contributed by atoms with Gasteiger partial charge >= 0.3 is 5.97 Å². The topological polar surface area (TPSA) is 192 Å². The van der Waals surface area contributed by atoms with Gasteiger partial charge in [0.1, 0.15) is 12.1 Å². The first-order valence-corrected chi connectivity index (χ1v) is 13.8. The van der Waals surface area contributed by atoms with Crippen molar-refractivity contribution in [3.63, 3.8) is 0 Å². The van der Waals surface area contributed by atoms with Gasteiger partial charge < -0.3 is 30.2 Å². The van der Waals surface area contributed by atoms with E-state index in [2.05, 4.69) is 20.8 Å². The maximum Gasteiger partial charge on any atom is 0.303 e. The first-order valence-electron chi connectivity index (χ1n) is 13.8. The van der Waals surface area contributed by atoms with Crippen LogP contribution in [0.3, 0.4) is 0 Å². The summed E-state index contributed by atoms with van der Waals surface area (Å²) in [6.45, 7) is 10.6. The van der Waals surface area contributed by atoms with E-state index in [0.29, 0.717) is 32.2 Å². The van der Waals surface area contributed by atoms with Crippen molar-refractivity contribution in [2.24, 2.45) is 11.8 Å². The number of aliphatic hydroxyl groups is 1. The number of likely N-dealkylation sites (tertiary alicyclic amines) is 1. The van der Waals surface area contributed by atoms with Crippen LogP contribution in [0, 0.1) is 11.8 Å². The average molecular weight is 566 g/mol. The zero-order valence-corrected chi connectivity index (χ0v) is 24.2. The van der Waals surface area contributed by atoms with Crippen molar-refractivity contribution in [2.45, 2.75) is 104 Å². The molecule has 1 aromatic heterocycles. The number of carboxylic acid groups (broad SMARTS) is 1. The predicted molar refractivity (Wildman–Crippen MR) is 143 cm³/mol. The molecule has 224 valence electrons. The van der Waals surface area contributed by atoms with E-state index in [0.717, 1.165) is 0 Å². The maximum atomic E-state index is 13.5. The van der Waals surface area contributed by atoms with Gasteiger partial charge in [-0.1, -0.05) is 27.7 Å². The summed E-state index contributed by atoms with van der Waals surface area (Å²) in [5, 5.41) is 31.5. The quantitative estimate of drug-likeness (QED) is 0.179. The number of aliphatic carboxylic acids is 1. The summed E-state index contributed by atoms with van der Waals surface area (Å²) in [5.41, 5.74) is -0.840. The van der Waals surface area contributed by atoms with Crippen molar-refractivity contribution < 1.29 is 38.6 Å². The van der Waals surface area contributed by atoms with Crippen molar-refractivity contribution in [2.75, 3.05) is 13.2 Å². The Bertz CT molecular complexity index is 1070. The Morgan fingerprint density at radius 2 is 1.62 bits per heavy atom. The maximum absolute atomic E-state index is 13.5. The highest BCUT2D eigenvalue weighted by molar-refractivity contribution is 6.00. The van der Waals surface area contributed by atoms with Gasteiger partial charge in [-0.3, -0.25) is 24.0 Å². The molecule has 13 nitrogen and oxygen atoms in total. The Morgan fingerprint density at radius 1 is 1.00 bits per heavy atom. The van der Waals surface area contributed by atoms with Crippen LogP contribution < -0.4 is 10.6 Å². The molecule has 1 saturated heterocycles. The first kappa shape index (κ1) is 32.9. The third kappa shape index (κ3) is 8.57. The number of hydrogen-bond donors (Lipinski definition) is 4. The summed E-state index contributed by atoms with van der Waals surface area (Å²) in [7, 11) is 0. The lowest BCUT2D eigenvalue weighted by atomic mass is 9.95. The number of hydrogen-bond acceptors (Lipinski definition) is 9. The normalized spacial score (nSPS) is 17.1. The van der Waals surface area contributed by atoms with Crippen LogP contribution in [0.25, 0.3) is 0 Å². The van der Waals surface area contributed by atoms with Gasteiger partial charge in [0.2, 0.25) is 29.4 Å². The van der Waals surface area contributed by atoms with E-state index in [4.69, 9.17) is 9.52 Å². The van der Waals surface area contributed by atoms with E-state index in [-0.39, 0.29) is 54.9 Å². The van der Waals surface area contributed by atoms with E-state index in [1.54, 1.807) is 41.5 Å². The molecule has 2 heterocycles. The molecule has 3 atom stereocenters. The highest BCUT2D eigenvalue weighted by atomic mass is 16.4. The highest BCUT2D eigenvalue weighted by Crippen LogP contribution is 2.23. The number of rotatable bonds is 15. The molecule has 13 heteroatoms. The van der Waals surface area contributed by atoms with E-state index < -0.39 is 41.2 Å². The second-order valence-electron chi connectivity index (χ2n) is 11.6. The summed E-state index contributed by atoms with van der Waals surface area (Å²) in [4.78, 5) is 64.7. The van der Waals surface area contributed by atoms with Crippen LogP contribution in [0.5, 0.6) is 0 Å². The summed E-state index contributed by atoms with van der Waals surface area (Å²) >= 11 is 0. The zero-order valence-electron chi connectivity index (χ0n) is 24.2. The van der Waals surface area contributed by atoms with Gasteiger partial charge in [0.05, 0.1) is 18.1 Å². The molecule has 0 bridgehead atoms. The van der Waals surface area contributed by atoms with Crippen molar-refractivity contribution in [3.8, 4) is 0 Å². The number of carboxylic acids is 1. The van der Waals surface area contributed by atoms with Gasteiger partial charge in [-0.25, -0.2) is 0 Å². The fourth-order valence-corrected chi connectivity index (χ4v) is 4.38. The second kappa shape index (κ2) is 14.3. The molecule has 4 N–H and O–H groups in total. The minimum atomic E-state index is -0.984. The van der Waals surface area contributed by atoms with Crippen LogP contribution in [0.4, 0.5) is 0 Å². The molecule has 0 unspecified atom stereocenters. The van der Waals surface area contributed by atoms with E-state index in [1.807, 2.05) is 0 Å². The molecule has 1 aliphatic heterocycles. The van der Waals surface area contributed by atoms with Gasteiger partial charge in [-0.05, 0) is 51.4 Å². The molecule has 3 amide bonds. The summed E-state index contributed by atoms with van der Waals surface area (Å²) < 4.78 is 5.52. The fourth-order valence-electron chi connectivity index (χ4n) is 4.38. The predicted octanol–water partition coefficient (Wildman–Crippen LogP) is 1.44. The number of unbranched alkanes of at least 4 members (excludes halogenated alkanes) is 1. The summed E-state index contributed by atoms with van der Waals surface area (Å²) in [5.74, 6) is -3.48. The van der Waals surface area contributed by atoms with Crippen LogP contribution >= 0.6 is 0 Å². The van der Waals surface area contributed by atoms with E-state index >= 15 is 0 Å². The van der Waals surface area contributed by atoms with Gasteiger partial charge in [-0.2, -0.15) is 0 Å². The number of aliphatic hydroxyl groups excluding tert-OH is 1. The van der Waals surface area contributed by atoms with Gasteiger partial charge in [-0.15, -0.1) is 10.2 Å². The minimum absolute atomic E-state index is 0.0292. The molecule has 0 spiro atoms. The first-order chi connectivity index (χ1) is 18.7. The highest BCUT2D eigenvalue weighted by Gasteiger charge is 2.41. The molecule has 0 aromatic carbocycles. The Labute approximate surface area is 234 Å². The zero-order chi connectivity index (χ0) is 30.2. The number of carbonyl (C=O) groups excluding carboxylic acids is 4. The van der Waals surface area contributed by atoms with Crippen LogP contribution in [-0.4, -0.2) is 86.1 Å². The van der Waals surface area contributed by atoms with Crippen LogP contribution in [0.1, 0.15) is 96.6 Å². The van der Waals surface area contributed by atoms with Crippen molar-refractivity contribution in [1.82, 2.24) is 25.7 Å². The molecule has 0 aliphatic carbocycles. The lowest BCUT2D eigenvalue weighted by Crippen LogP contribution is -2.57. The molecule has 0 radical (unpaired) electrons. The number of carbonyl (C=O) groups is 5. The molecule has 0 saturated carbocycles. The minimum Gasteiger partial charge on any atom is -0.481 e. The van der Waals surface area contributed by atoms with Gasteiger partial charge in [0.15, 0.2) is 0 Å². The van der Waals surface area contributed by atoms with Gasteiger partial charge in [0.25, 0.3) is 5.89 Å². The SMILES string of the molecule is CC(C)[C@H](NC(=O)[C@H]1CCCN1C(=O)[C@@H](NC(=O)CCCCC(=O)O)C(C)C)C(=O)c1nnc(C(C)(C)CO)o1. The van der Waals surface area contributed by atoms with Crippen molar-refractivity contribution in [1.29, 1.82) is 0 Å². The smallest absolute Gasteiger partial charge is 0.303 e. The Hall–Kier alpha value is -3.35. The molecule has 1 fully saturated rings. The average Bonchev–Trinajstić information content (AvgIpc) is 3.58. The van der Waals surface area contributed by atoms with Crippen LogP contribution in [-0.2, 0) is 24.6 Å². The third-order valence-electron chi connectivity index (χ3n) is 6.99. The lowest BCUT2D eigenvalue weighted by molar-refractivity contribution is -0.142. The third-order valence-corrected chi connectivity index (χ3v) is 6.99. The number of aromatic nitrogens is 2. The van der Waals surface area contributed by atoms with E-state index in [1.165, 1.54) is 4.90 Å². The molecule has 2 rings (SSSR count). The number of amides is 3. The molecule has 1 aliphatic rings.